The first-order valence-electron chi connectivity index (χ1n) is 8.57. The number of methoxy groups -OCH3 is 2. The molecular formula is C20H22N2O4S. The third-order valence-corrected chi connectivity index (χ3v) is 5.44. The third-order valence-electron chi connectivity index (χ3n) is 4.40. The van der Waals surface area contributed by atoms with Crippen LogP contribution in [0, 0.1) is 0 Å². The highest BCUT2D eigenvalue weighted by Crippen LogP contribution is 2.35. The van der Waals surface area contributed by atoms with Crippen LogP contribution in [0.1, 0.15) is 18.5 Å². The number of thioether (sulfide) groups is 1. The van der Waals surface area contributed by atoms with E-state index in [1.165, 1.54) is 11.8 Å². The summed E-state index contributed by atoms with van der Waals surface area (Å²) in [5.41, 5.74) is 1.68. The first kappa shape index (κ1) is 19.1. The SMILES string of the molecule is COc1ccc(C(C)NC(=O)CN2C(=O)CSc3ccccc32)cc1OC. The summed E-state index contributed by atoms with van der Waals surface area (Å²) in [7, 11) is 3.15. The molecule has 0 spiro atoms. The van der Waals surface area contributed by atoms with Crippen molar-refractivity contribution >= 4 is 29.3 Å². The molecule has 2 aromatic rings. The highest BCUT2D eigenvalue weighted by atomic mass is 32.2. The molecule has 1 aliphatic rings. The fourth-order valence-electron chi connectivity index (χ4n) is 2.96. The summed E-state index contributed by atoms with van der Waals surface area (Å²) in [5, 5.41) is 2.95. The van der Waals surface area contributed by atoms with Crippen LogP contribution < -0.4 is 19.7 Å². The van der Waals surface area contributed by atoms with E-state index in [1.54, 1.807) is 25.2 Å². The molecule has 1 atom stereocenters. The highest BCUT2D eigenvalue weighted by Gasteiger charge is 2.26. The zero-order chi connectivity index (χ0) is 19.4. The minimum atomic E-state index is -0.234. The molecule has 1 unspecified atom stereocenters. The number of para-hydroxylation sites is 1. The maximum Gasteiger partial charge on any atom is 0.240 e. The molecule has 0 fully saturated rings. The van der Waals surface area contributed by atoms with Crippen LogP contribution in [0.3, 0.4) is 0 Å². The molecule has 1 aliphatic heterocycles. The van der Waals surface area contributed by atoms with Gasteiger partial charge < -0.3 is 19.7 Å². The van der Waals surface area contributed by atoms with Crippen LogP contribution in [0.4, 0.5) is 5.69 Å². The van der Waals surface area contributed by atoms with E-state index in [1.807, 2.05) is 43.3 Å². The van der Waals surface area contributed by atoms with E-state index in [9.17, 15) is 9.59 Å². The second-order valence-corrected chi connectivity index (χ2v) is 7.16. The summed E-state index contributed by atoms with van der Waals surface area (Å²) in [4.78, 5) is 27.4. The van der Waals surface area contributed by atoms with Crippen LogP contribution in [-0.4, -0.2) is 38.3 Å². The Balaban J connectivity index is 1.70. The number of carbonyl (C=O) groups is 2. The van der Waals surface area contributed by atoms with Crippen LogP contribution in [-0.2, 0) is 9.59 Å². The average Bonchev–Trinajstić information content (AvgIpc) is 2.69. The van der Waals surface area contributed by atoms with Crippen LogP contribution in [0.5, 0.6) is 11.5 Å². The monoisotopic (exact) mass is 386 g/mol. The molecule has 1 heterocycles. The molecule has 27 heavy (non-hydrogen) atoms. The zero-order valence-corrected chi connectivity index (χ0v) is 16.3. The molecule has 0 saturated carbocycles. The van der Waals surface area contributed by atoms with Gasteiger partial charge in [-0.3, -0.25) is 9.59 Å². The van der Waals surface area contributed by atoms with Gasteiger partial charge in [0, 0.05) is 4.90 Å². The van der Waals surface area contributed by atoms with Crippen molar-refractivity contribution in [3.8, 4) is 11.5 Å². The van der Waals surface area contributed by atoms with E-state index < -0.39 is 0 Å². The number of fused-ring (bicyclic) bond motifs is 1. The lowest BCUT2D eigenvalue weighted by Gasteiger charge is -2.28. The Morgan fingerprint density at radius 3 is 2.67 bits per heavy atom. The lowest BCUT2D eigenvalue weighted by molar-refractivity contribution is -0.123. The average molecular weight is 386 g/mol. The van der Waals surface area contributed by atoms with E-state index in [0.717, 1.165) is 16.1 Å². The Kier molecular flexibility index (Phi) is 5.91. The molecule has 7 heteroatoms. The standard InChI is InChI=1S/C20H22N2O4S/c1-13(14-8-9-16(25-2)17(10-14)26-3)21-19(23)11-22-15-6-4-5-7-18(15)27-12-20(22)24/h4-10,13H,11-12H2,1-3H3,(H,21,23). The van der Waals surface area contributed by atoms with Crippen molar-refractivity contribution in [3.63, 3.8) is 0 Å². The maximum absolute atomic E-state index is 12.6. The largest absolute Gasteiger partial charge is 0.493 e. The molecule has 142 valence electrons. The normalized spacial score (nSPS) is 14.3. The third kappa shape index (κ3) is 4.19. The topological polar surface area (TPSA) is 67.9 Å². The second-order valence-electron chi connectivity index (χ2n) is 6.14. The smallest absolute Gasteiger partial charge is 0.240 e. The van der Waals surface area contributed by atoms with Crippen LogP contribution in [0.15, 0.2) is 47.4 Å². The summed E-state index contributed by atoms with van der Waals surface area (Å²) >= 11 is 1.50. The van der Waals surface area contributed by atoms with Crippen molar-refractivity contribution in [2.75, 3.05) is 31.4 Å². The Morgan fingerprint density at radius 2 is 1.93 bits per heavy atom. The molecule has 1 N–H and O–H groups in total. The van der Waals surface area contributed by atoms with Crippen LogP contribution >= 0.6 is 11.8 Å². The Bertz CT molecular complexity index is 856. The van der Waals surface area contributed by atoms with Crippen LogP contribution in [0.25, 0.3) is 0 Å². The first-order valence-corrected chi connectivity index (χ1v) is 9.55. The van der Waals surface area contributed by atoms with Gasteiger partial charge in [0.05, 0.1) is 31.7 Å². The van der Waals surface area contributed by atoms with Crippen LogP contribution in [0.2, 0.25) is 0 Å². The number of carbonyl (C=O) groups excluding carboxylic acids is 2. The number of amides is 2. The van der Waals surface area contributed by atoms with Gasteiger partial charge in [0.25, 0.3) is 0 Å². The minimum absolute atomic E-state index is 0.00592. The van der Waals surface area contributed by atoms with Crippen molar-refractivity contribution in [2.45, 2.75) is 17.9 Å². The molecule has 2 aromatic carbocycles. The number of ether oxygens (including phenoxy) is 2. The summed E-state index contributed by atoms with van der Waals surface area (Å²) < 4.78 is 10.6. The van der Waals surface area contributed by atoms with Crippen molar-refractivity contribution in [2.24, 2.45) is 0 Å². The van der Waals surface area contributed by atoms with Crippen molar-refractivity contribution in [1.29, 1.82) is 0 Å². The van der Waals surface area contributed by atoms with Gasteiger partial charge in [-0.05, 0) is 36.8 Å². The van der Waals surface area contributed by atoms with E-state index in [4.69, 9.17) is 9.47 Å². The van der Waals surface area contributed by atoms with Gasteiger partial charge >= 0.3 is 0 Å². The fraction of sp³-hybridized carbons (Fsp3) is 0.300. The summed E-state index contributed by atoms with van der Waals surface area (Å²) in [6.07, 6.45) is 0. The van der Waals surface area contributed by atoms with E-state index in [-0.39, 0.29) is 24.4 Å². The summed E-state index contributed by atoms with van der Waals surface area (Å²) in [6, 6.07) is 12.9. The Morgan fingerprint density at radius 1 is 1.19 bits per heavy atom. The molecule has 0 aliphatic carbocycles. The number of hydrogen-bond donors (Lipinski definition) is 1. The maximum atomic E-state index is 12.6. The van der Waals surface area contributed by atoms with E-state index in [2.05, 4.69) is 5.32 Å². The van der Waals surface area contributed by atoms with Gasteiger partial charge in [0.2, 0.25) is 11.8 Å². The molecule has 0 bridgehead atoms. The lowest BCUT2D eigenvalue weighted by atomic mass is 10.1. The molecule has 6 nitrogen and oxygen atoms in total. The quantitative estimate of drug-likeness (QED) is 0.827. The number of rotatable bonds is 6. The Labute approximate surface area is 162 Å². The van der Waals surface area contributed by atoms with Gasteiger partial charge in [0.15, 0.2) is 11.5 Å². The molecule has 0 aromatic heterocycles. The molecule has 3 rings (SSSR count). The van der Waals surface area contributed by atoms with Gasteiger partial charge in [0.1, 0.15) is 6.54 Å². The molecule has 0 saturated heterocycles. The Hall–Kier alpha value is -2.67. The molecule has 0 radical (unpaired) electrons. The van der Waals surface area contributed by atoms with E-state index >= 15 is 0 Å². The van der Waals surface area contributed by atoms with Gasteiger partial charge in [-0.25, -0.2) is 0 Å². The molecule has 2 amide bonds. The van der Waals surface area contributed by atoms with Crippen molar-refractivity contribution < 1.29 is 19.1 Å². The summed E-state index contributed by atoms with van der Waals surface area (Å²) in [5.74, 6) is 1.30. The second kappa shape index (κ2) is 8.35. The number of hydrogen-bond acceptors (Lipinski definition) is 5. The number of nitrogens with one attached hydrogen (secondary N) is 1. The van der Waals surface area contributed by atoms with E-state index in [0.29, 0.717) is 17.3 Å². The number of anilines is 1. The fourth-order valence-corrected chi connectivity index (χ4v) is 3.90. The summed E-state index contributed by atoms with van der Waals surface area (Å²) in [6.45, 7) is 1.88. The minimum Gasteiger partial charge on any atom is -0.493 e. The number of nitrogens with zero attached hydrogens (tertiary/aromatic N) is 1. The highest BCUT2D eigenvalue weighted by molar-refractivity contribution is 8.00. The number of benzene rings is 2. The predicted octanol–water partition coefficient (Wildman–Crippen LogP) is 3.02. The first-order chi connectivity index (χ1) is 13.0. The molecular weight excluding hydrogens is 364 g/mol. The van der Waals surface area contributed by atoms with Gasteiger partial charge in [-0.15, -0.1) is 11.8 Å². The lowest BCUT2D eigenvalue weighted by Crippen LogP contribution is -2.43. The van der Waals surface area contributed by atoms with Gasteiger partial charge in [-0.2, -0.15) is 0 Å². The van der Waals surface area contributed by atoms with Crippen molar-refractivity contribution in [3.05, 3.63) is 48.0 Å². The van der Waals surface area contributed by atoms with Gasteiger partial charge in [-0.1, -0.05) is 18.2 Å². The zero-order valence-electron chi connectivity index (χ0n) is 15.5. The predicted molar refractivity (Wildman–Crippen MR) is 106 cm³/mol. The van der Waals surface area contributed by atoms with Crippen molar-refractivity contribution in [1.82, 2.24) is 5.32 Å².